The fourth-order valence-corrected chi connectivity index (χ4v) is 3.24. The molecule has 1 N–H and O–H groups in total. The summed E-state index contributed by atoms with van der Waals surface area (Å²) in [6, 6.07) is 0.394. The van der Waals surface area contributed by atoms with Crippen LogP contribution in [0.5, 0.6) is 0 Å². The molecule has 0 saturated heterocycles. The van der Waals surface area contributed by atoms with Crippen LogP contribution in [0.15, 0.2) is 0 Å². The third kappa shape index (κ3) is 1.83. The second kappa shape index (κ2) is 4.13. The Kier molecular flexibility index (Phi) is 2.61. The van der Waals surface area contributed by atoms with Crippen LogP contribution in [0, 0.1) is 5.92 Å². The molecule has 1 fully saturated rings. The lowest BCUT2D eigenvalue weighted by Gasteiger charge is -2.27. The van der Waals surface area contributed by atoms with Crippen molar-refractivity contribution in [2.75, 3.05) is 0 Å². The molecule has 5 heteroatoms. The fraction of sp³-hybridized carbons (Fsp3) is 0.750. The maximum absolute atomic E-state index is 10.9. The Morgan fingerprint density at radius 3 is 2.71 bits per heavy atom. The Morgan fingerprint density at radius 1 is 1.24 bits per heavy atom. The van der Waals surface area contributed by atoms with E-state index in [0.29, 0.717) is 12.0 Å². The Labute approximate surface area is 99.9 Å². The van der Waals surface area contributed by atoms with E-state index >= 15 is 0 Å². The number of aromatic carboxylic acids is 1. The number of hydrogen-bond donors (Lipinski definition) is 1. The zero-order valence-electron chi connectivity index (χ0n) is 9.80. The predicted octanol–water partition coefficient (Wildman–Crippen LogP) is 2.04. The van der Waals surface area contributed by atoms with Gasteiger partial charge >= 0.3 is 5.97 Å². The van der Waals surface area contributed by atoms with Crippen LogP contribution in [0.3, 0.4) is 0 Å². The molecule has 2 aliphatic rings. The van der Waals surface area contributed by atoms with Crippen molar-refractivity contribution in [1.82, 2.24) is 14.8 Å². The minimum Gasteiger partial charge on any atom is -0.475 e. The smallest absolute Gasteiger partial charge is 0.375 e. The van der Waals surface area contributed by atoms with E-state index < -0.39 is 5.97 Å². The number of fused-ring (bicyclic) bond motifs is 1. The molecule has 1 unspecified atom stereocenters. The monoisotopic (exact) mass is 235 g/mol. The van der Waals surface area contributed by atoms with Gasteiger partial charge in [-0.25, -0.2) is 14.5 Å². The van der Waals surface area contributed by atoms with Crippen molar-refractivity contribution < 1.29 is 9.90 Å². The van der Waals surface area contributed by atoms with Gasteiger partial charge in [0.25, 0.3) is 5.82 Å². The number of aromatic nitrogens is 3. The van der Waals surface area contributed by atoms with E-state index in [-0.39, 0.29) is 5.82 Å². The number of rotatable bonds is 2. The van der Waals surface area contributed by atoms with Crippen molar-refractivity contribution >= 4 is 5.97 Å². The highest BCUT2D eigenvalue weighted by Gasteiger charge is 2.33. The highest BCUT2D eigenvalue weighted by atomic mass is 16.4. The molecule has 1 aliphatic carbocycles. The van der Waals surface area contributed by atoms with Gasteiger partial charge in [0.2, 0.25) is 0 Å². The van der Waals surface area contributed by atoms with Gasteiger partial charge in [0.15, 0.2) is 0 Å². The van der Waals surface area contributed by atoms with E-state index in [1.165, 1.54) is 32.1 Å². The maximum Gasteiger partial charge on any atom is 0.375 e. The second-order valence-corrected chi connectivity index (χ2v) is 5.11. The molecule has 1 aromatic heterocycles. The van der Waals surface area contributed by atoms with Gasteiger partial charge in [-0.3, -0.25) is 0 Å². The van der Waals surface area contributed by atoms with Crippen LogP contribution in [0.1, 0.15) is 61.0 Å². The molecule has 3 rings (SSSR count). The summed E-state index contributed by atoms with van der Waals surface area (Å²) in [7, 11) is 0. The van der Waals surface area contributed by atoms with Crippen LogP contribution in [0.2, 0.25) is 0 Å². The Balaban J connectivity index is 1.84. The Bertz CT molecular complexity index is 435. The quantitative estimate of drug-likeness (QED) is 0.851. The highest BCUT2D eigenvalue weighted by Crippen LogP contribution is 2.38. The van der Waals surface area contributed by atoms with Crippen molar-refractivity contribution in [1.29, 1.82) is 0 Å². The molecule has 0 spiro atoms. The average molecular weight is 235 g/mol. The van der Waals surface area contributed by atoms with Crippen LogP contribution in [0.4, 0.5) is 0 Å². The summed E-state index contributed by atoms with van der Waals surface area (Å²) < 4.78 is 1.89. The van der Waals surface area contributed by atoms with Crippen LogP contribution < -0.4 is 0 Å². The van der Waals surface area contributed by atoms with E-state index in [1.54, 1.807) is 0 Å². The van der Waals surface area contributed by atoms with E-state index in [4.69, 9.17) is 5.11 Å². The van der Waals surface area contributed by atoms with Gasteiger partial charge in [-0.15, -0.1) is 5.10 Å². The van der Waals surface area contributed by atoms with Gasteiger partial charge in [-0.2, -0.15) is 0 Å². The molecule has 0 amide bonds. The zero-order chi connectivity index (χ0) is 11.8. The van der Waals surface area contributed by atoms with Crippen molar-refractivity contribution in [3.8, 4) is 0 Å². The molecule has 1 atom stereocenters. The zero-order valence-corrected chi connectivity index (χ0v) is 9.80. The molecule has 5 nitrogen and oxygen atoms in total. The lowest BCUT2D eigenvalue weighted by Crippen LogP contribution is -2.20. The standard InChI is InChI=1S/C12H17N3O2/c16-12(17)11-13-10-7-6-9(15(10)14-11)8-4-2-1-3-5-8/h8-9H,1-7H2,(H,16,17). The van der Waals surface area contributed by atoms with E-state index in [2.05, 4.69) is 10.1 Å². The largest absolute Gasteiger partial charge is 0.475 e. The minimum absolute atomic E-state index is 0.0412. The molecule has 1 aromatic rings. The predicted molar refractivity (Wildman–Crippen MR) is 60.9 cm³/mol. The van der Waals surface area contributed by atoms with Crippen LogP contribution in [0.25, 0.3) is 0 Å². The highest BCUT2D eigenvalue weighted by molar-refractivity contribution is 5.82. The van der Waals surface area contributed by atoms with Crippen molar-refractivity contribution in [2.24, 2.45) is 5.92 Å². The van der Waals surface area contributed by atoms with Gasteiger partial charge in [-0.05, 0) is 25.2 Å². The summed E-state index contributed by atoms with van der Waals surface area (Å²) >= 11 is 0. The van der Waals surface area contributed by atoms with Crippen molar-refractivity contribution in [3.05, 3.63) is 11.6 Å². The summed E-state index contributed by atoms with van der Waals surface area (Å²) in [5, 5.41) is 13.1. The Morgan fingerprint density at radius 2 is 2.00 bits per heavy atom. The van der Waals surface area contributed by atoms with E-state index in [9.17, 15) is 4.79 Å². The van der Waals surface area contributed by atoms with Crippen molar-refractivity contribution in [3.63, 3.8) is 0 Å². The molecule has 1 aliphatic heterocycles. The number of carboxylic acids is 1. The van der Waals surface area contributed by atoms with Gasteiger partial charge in [0, 0.05) is 6.42 Å². The lowest BCUT2D eigenvalue weighted by molar-refractivity contribution is 0.0682. The van der Waals surface area contributed by atoms with Gasteiger partial charge in [0.05, 0.1) is 6.04 Å². The number of carboxylic acid groups (broad SMARTS) is 1. The first kappa shape index (κ1) is 10.7. The molecule has 92 valence electrons. The molecule has 1 saturated carbocycles. The molecular formula is C12H17N3O2. The van der Waals surface area contributed by atoms with Gasteiger partial charge in [-0.1, -0.05) is 19.3 Å². The third-order valence-electron chi connectivity index (χ3n) is 4.06. The molecule has 0 bridgehead atoms. The molecule has 17 heavy (non-hydrogen) atoms. The molecular weight excluding hydrogens is 218 g/mol. The lowest BCUT2D eigenvalue weighted by atomic mass is 9.83. The summed E-state index contributed by atoms with van der Waals surface area (Å²) in [5.41, 5.74) is 0. The van der Waals surface area contributed by atoms with Crippen LogP contribution >= 0.6 is 0 Å². The minimum atomic E-state index is -1.02. The summed E-state index contributed by atoms with van der Waals surface area (Å²) in [5.74, 6) is 0.473. The molecule has 0 radical (unpaired) electrons. The summed E-state index contributed by atoms with van der Waals surface area (Å²) in [6.07, 6.45) is 8.42. The number of aryl methyl sites for hydroxylation is 1. The topological polar surface area (TPSA) is 68.0 Å². The SMILES string of the molecule is O=C(O)c1nc2n(n1)C(C1CCCCC1)CC2. The summed E-state index contributed by atoms with van der Waals surface area (Å²) in [6.45, 7) is 0. The van der Waals surface area contributed by atoms with Crippen LogP contribution in [-0.2, 0) is 6.42 Å². The van der Waals surface area contributed by atoms with E-state index in [0.717, 1.165) is 18.7 Å². The van der Waals surface area contributed by atoms with Crippen molar-refractivity contribution in [2.45, 2.75) is 51.0 Å². The third-order valence-corrected chi connectivity index (χ3v) is 4.06. The van der Waals surface area contributed by atoms with Gasteiger partial charge in [0.1, 0.15) is 5.82 Å². The summed E-state index contributed by atoms with van der Waals surface area (Å²) in [4.78, 5) is 14.9. The second-order valence-electron chi connectivity index (χ2n) is 5.11. The first-order valence-electron chi connectivity index (χ1n) is 6.44. The van der Waals surface area contributed by atoms with Gasteiger partial charge < -0.3 is 5.11 Å². The normalized spacial score (nSPS) is 24.8. The maximum atomic E-state index is 10.9. The first-order chi connectivity index (χ1) is 8.25. The number of hydrogen-bond acceptors (Lipinski definition) is 3. The number of nitrogens with zero attached hydrogens (tertiary/aromatic N) is 3. The molecule has 0 aromatic carbocycles. The average Bonchev–Trinajstić information content (AvgIpc) is 2.89. The van der Waals surface area contributed by atoms with Crippen LogP contribution in [-0.4, -0.2) is 25.8 Å². The first-order valence-corrected chi connectivity index (χ1v) is 6.44. The number of carbonyl (C=O) groups is 1. The van der Waals surface area contributed by atoms with E-state index in [1.807, 2.05) is 4.68 Å². The Hall–Kier alpha value is -1.39. The molecule has 2 heterocycles. The fourth-order valence-electron chi connectivity index (χ4n) is 3.24.